The van der Waals surface area contributed by atoms with Crippen LogP contribution in [0.3, 0.4) is 0 Å². The highest BCUT2D eigenvalue weighted by Crippen LogP contribution is 2.40. The van der Waals surface area contributed by atoms with Crippen LogP contribution in [0.5, 0.6) is 11.5 Å². The number of aliphatic imine (C=N–C) groups is 1. The van der Waals surface area contributed by atoms with E-state index in [-0.39, 0.29) is 12.1 Å². The number of guanidine groups is 1. The third kappa shape index (κ3) is 1.97. The first kappa shape index (κ1) is 13.1. The van der Waals surface area contributed by atoms with Gasteiger partial charge in [-0.3, -0.25) is 4.99 Å². The van der Waals surface area contributed by atoms with Gasteiger partial charge in [-0.05, 0) is 26.0 Å². The van der Waals surface area contributed by atoms with Crippen molar-refractivity contribution in [2.45, 2.75) is 32.4 Å². The summed E-state index contributed by atoms with van der Waals surface area (Å²) in [6.07, 6.45) is 1.17. The van der Waals surface area contributed by atoms with Gasteiger partial charge in [-0.1, -0.05) is 0 Å². The minimum atomic E-state index is 0.139. The van der Waals surface area contributed by atoms with E-state index >= 15 is 0 Å². The second-order valence-corrected chi connectivity index (χ2v) is 5.34. The number of ether oxygens (including phenoxy) is 2. The van der Waals surface area contributed by atoms with Gasteiger partial charge in [0, 0.05) is 24.1 Å². The first-order valence-electron chi connectivity index (χ1n) is 7.08. The molecule has 0 amide bonds. The Morgan fingerprint density at radius 3 is 3.00 bits per heavy atom. The molecule has 3 rings (SSSR count). The lowest BCUT2D eigenvalue weighted by molar-refractivity contribution is 0.253. The van der Waals surface area contributed by atoms with Crippen LogP contribution in [0.4, 0.5) is 0 Å². The predicted octanol–water partition coefficient (Wildman–Crippen LogP) is 1.71. The van der Waals surface area contributed by atoms with Crippen LogP contribution in [0.1, 0.15) is 31.0 Å². The lowest BCUT2D eigenvalue weighted by atomic mass is 10.0. The van der Waals surface area contributed by atoms with Gasteiger partial charge < -0.3 is 20.1 Å². The average molecular weight is 275 g/mol. The number of hydrogen-bond donors (Lipinski definition) is 1. The van der Waals surface area contributed by atoms with E-state index in [0.717, 1.165) is 30.0 Å². The molecule has 108 valence electrons. The number of nitrogens with two attached hydrogens (primary N) is 1. The molecule has 0 saturated heterocycles. The SMILES string of the molecule is CCN1C(N)=NCC1c1cc2c(cc1OC)CC(C)O2. The molecule has 5 nitrogen and oxygen atoms in total. The van der Waals surface area contributed by atoms with E-state index in [2.05, 4.69) is 35.9 Å². The molecule has 1 aromatic carbocycles. The Morgan fingerprint density at radius 1 is 1.50 bits per heavy atom. The smallest absolute Gasteiger partial charge is 0.191 e. The monoisotopic (exact) mass is 275 g/mol. The summed E-state index contributed by atoms with van der Waals surface area (Å²) < 4.78 is 11.4. The van der Waals surface area contributed by atoms with Crippen LogP contribution in [0, 0.1) is 0 Å². The maximum Gasteiger partial charge on any atom is 0.191 e. The molecule has 0 fully saturated rings. The van der Waals surface area contributed by atoms with E-state index in [0.29, 0.717) is 12.5 Å². The summed E-state index contributed by atoms with van der Waals surface area (Å²) in [6, 6.07) is 4.33. The number of rotatable bonds is 3. The summed E-state index contributed by atoms with van der Waals surface area (Å²) in [5.74, 6) is 2.47. The summed E-state index contributed by atoms with van der Waals surface area (Å²) >= 11 is 0. The van der Waals surface area contributed by atoms with E-state index in [1.54, 1.807) is 7.11 Å². The summed E-state index contributed by atoms with van der Waals surface area (Å²) in [5.41, 5.74) is 8.27. The largest absolute Gasteiger partial charge is 0.496 e. The van der Waals surface area contributed by atoms with E-state index < -0.39 is 0 Å². The average Bonchev–Trinajstić information content (AvgIpc) is 2.97. The van der Waals surface area contributed by atoms with Crippen LogP contribution in [0.25, 0.3) is 0 Å². The molecule has 0 saturated carbocycles. The third-order valence-corrected chi connectivity index (χ3v) is 4.04. The Bertz CT molecular complexity index is 556. The van der Waals surface area contributed by atoms with Crippen LogP contribution < -0.4 is 15.2 Å². The molecule has 5 heteroatoms. The summed E-state index contributed by atoms with van der Waals surface area (Å²) in [4.78, 5) is 6.45. The van der Waals surface area contributed by atoms with Gasteiger partial charge in [-0.2, -0.15) is 0 Å². The molecule has 0 spiro atoms. The molecule has 0 radical (unpaired) electrons. The number of hydrogen-bond acceptors (Lipinski definition) is 5. The number of nitrogens with zero attached hydrogens (tertiary/aromatic N) is 2. The van der Waals surface area contributed by atoms with Crippen molar-refractivity contribution in [1.29, 1.82) is 0 Å². The van der Waals surface area contributed by atoms with Gasteiger partial charge in [0.1, 0.15) is 17.6 Å². The molecule has 2 N–H and O–H groups in total. The first-order valence-corrected chi connectivity index (χ1v) is 7.08. The fourth-order valence-corrected chi connectivity index (χ4v) is 3.07. The van der Waals surface area contributed by atoms with Crippen molar-refractivity contribution in [3.63, 3.8) is 0 Å². The Hall–Kier alpha value is -1.91. The second kappa shape index (κ2) is 4.89. The zero-order valence-electron chi connectivity index (χ0n) is 12.2. The highest BCUT2D eigenvalue weighted by molar-refractivity contribution is 5.80. The molecule has 0 bridgehead atoms. The van der Waals surface area contributed by atoms with Crippen LogP contribution >= 0.6 is 0 Å². The minimum absolute atomic E-state index is 0.139. The summed E-state index contributed by atoms with van der Waals surface area (Å²) in [7, 11) is 1.71. The van der Waals surface area contributed by atoms with Gasteiger partial charge >= 0.3 is 0 Å². The van der Waals surface area contributed by atoms with Crippen molar-refractivity contribution in [2.24, 2.45) is 10.7 Å². The normalized spacial score (nSPS) is 24.4. The standard InChI is InChI=1S/C15H21N3O2/c1-4-18-12(8-17-15(18)16)11-7-13-10(5-9(2)20-13)6-14(11)19-3/h6-7,9,12H,4-5,8H2,1-3H3,(H2,16,17). The summed E-state index contributed by atoms with van der Waals surface area (Å²) in [6.45, 7) is 5.67. The van der Waals surface area contributed by atoms with Gasteiger partial charge in [0.25, 0.3) is 0 Å². The molecule has 2 aliphatic rings. The lowest BCUT2D eigenvalue weighted by Gasteiger charge is -2.26. The van der Waals surface area contributed by atoms with Crippen LogP contribution in [0.15, 0.2) is 17.1 Å². The summed E-state index contributed by atoms with van der Waals surface area (Å²) in [5, 5.41) is 0. The van der Waals surface area contributed by atoms with E-state index in [4.69, 9.17) is 15.2 Å². The van der Waals surface area contributed by atoms with Crippen molar-refractivity contribution in [3.05, 3.63) is 23.3 Å². The van der Waals surface area contributed by atoms with Crippen LogP contribution in [-0.4, -0.2) is 37.2 Å². The first-order chi connectivity index (χ1) is 9.63. The Labute approximate surface area is 119 Å². The molecule has 2 heterocycles. The zero-order chi connectivity index (χ0) is 14.3. The van der Waals surface area contributed by atoms with Crippen molar-refractivity contribution in [1.82, 2.24) is 4.90 Å². The van der Waals surface area contributed by atoms with Gasteiger partial charge in [-0.15, -0.1) is 0 Å². The lowest BCUT2D eigenvalue weighted by Crippen LogP contribution is -2.35. The van der Waals surface area contributed by atoms with Gasteiger partial charge in [0.05, 0.1) is 19.7 Å². The van der Waals surface area contributed by atoms with Gasteiger partial charge in [-0.25, -0.2) is 0 Å². The van der Waals surface area contributed by atoms with Crippen molar-refractivity contribution in [2.75, 3.05) is 20.2 Å². The molecule has 2 atom stereocenters. The molecule has 0 aliphatic carbocycles. The fraction of sp³-hybridized carbons (Fsp3) is 0.533. The molecule has 1 aromatic rings. The second-order valence-electron chi connectivity index (χ2n) is 5.34. The molecule has 2 unspecified atom stereocenters. The molecule has 20 heavy (non-hydrogen) atoms. The number of methoxy groups -OCH3 is 1. The maximum atomic E-state index is 5.95. The molecule has 0 aromatic heterocycles. The molecular weight excluding hydrogens is 254 g/mol. The Morgan fingerprint density at radius 2 is 2.30 bits per heavy atom. The minimum Gasteiger partial charge on any atom is -0.496 e. The van der Waals surface area contributed by atoms with Crippen molar-refractivity contribution in [3.8, 4) is 11.5 Å². The Balaban J connectivity index is 2.00. The highest BCUT2D eigenvalue weighted by Gasteiger charge is 2.31. The number of fused-ring (bicyclic) bond motifs is 1. The molecule has 2 aliphatic heterocycles. The zero-order valence-corrected chi connectivity index (χ0v) is 12.2. The van der Waals surface area contributed by atoms with E-state index in [1.807, 2.05) is 0 Å². The molecular formula is C15H21N3O2. The maximum absolute atomic E-state index is 5.95. The van der Waals surface area contributed by atoms with E-state index in [9.17, 15) is 0 Å². The topological polar surface area (TPSA) is 60.1 Å². The van der Waals surface area contributed by atoms with Gasteiger partial charge in [0.2, 0.25) is 0 Å². The predicted molar refractivity (Wildman–Crippen MR) is 78.4 cm³/mol. The van der Waals surface area contributed by atoms with E-state index in [1.165, 1.54) is 5.56 Å². The van der Waals surface area contributed by atoms with Crippen LogP contribution in [0.2, 0.25) is 0 Å². The highest BCUT2D eigenvalue weighted by atomic mass is 16.5. The third-order valence-electron chi connectivity index (χ3n) is 4.04. The van der Waals surface area contributed by atoms with Crippen molar-refractivity contribution < 1.29 is 9.47 Å². The van der Waals surface area contributed by atoms with Crippen molar-refractivity contribution >= 4 is 5.96 Å². The number of likely N-dealkylation sites (N-methyl/N-ethyl adjacent to an activating group) is 1. The Kier molecular flexibility index (Phi) is 3.20. The van der Waals surface area contributed by atoms with Gasteiger partial charge in [0.15, 0.2) is 5.96 Å². The number of benzene rings is 1. The fourth-order valence-electron chi connectivity index (χ4n) is 3.07. The van der Waals surface area contributed by atoms with Crippen LogP contribution in [-0.2, 0) is 6.42 Å². The quantitative estimate of drug-likeness (QED) is 0.912.